The van der Waals surface area contributed by atoms with Gasteiger partial charge in [-0.05, 0) is 17.7 Å². The lowest BCUT2D eigenvalue weighted by Crippen LogP contribution is -2.43. The van der Waals surface area contributed by atoms with Crippen LogP contribution >= 0.6 is 11.3 Å². The summed E-state index contributed by atoms with van der Waals surface area (Å²) < 4.78 is 5.34. The van der Waals surface area contributed by atoms with Gasteiger partial charge in [0.05, 0.1) is 19.3 Å². The number of guanidine groups is 1. The van der Waals surface area contributed by atoms with Crippen LogP contribution in [0, 0.1) is 0 Å². The highest BCUT2D eigenvalue weighted by atomic mass is 32.1. The Balaban J connectivity index is 1.92. The fourth-order valence-electron chi connectivity index (χ4n) is 2.43. The second kappa shape index (κ2) is 8.89. The molecule has 0 atom stereocenters. The predicted octanol–water partition coefficient (Wildman–Crippen LogP) is 2.86. The van der Waals surface area contributed by atoms with Crippen molar-refractivity contribution in [1.82, 2.24) is 15.6 Å². The Morgan fingerprint density at radius 2 is 2.08 bits per heavy atom. The minimum Gasteiger partial charge on any atom is -0.497 e. The van der Waals surface area contributed by atoms with E-state index in [9.17, 15) is 0 Å². The number of aliphatic imine (C=N–C) groups is 1. The van der Waals surface area contributed by atoms with Gasteiger partial charge in [0.25, 0.3) is 0 Å². The van der Waals surface area contributed by atoms with Crippen molar-refractivity contribution in [2.75, 3.05) is 39.7 Å². The predicted molar refractivity (Wildman–Crippen MR) is 111 cm³/mol. The zero-order valence-electron chi connectivity index (χ0n) is 16.5. The lowest BCUT2D eigenvalue weighted by Gasteiger charge is -2.27. The Morgan fingerprint density at radius 1 is 1.31 bits per heavy atom. The van der Waals surface area contributed by atoms with Crippen LogP contribution in [0.1, 0.15) is 25.1 Å². The topological polar surface area (TPSA) is 61.8 Å². The summed E-state index contributed by atoms with van der Waals surface area (Å²) in [7, 11) is 7.46. The summed E-state index contributed by atoms with van der Waals surface area (Å²) in [5.41, 5.74) is 2.16. The summed E-state index contributed by atoms with van der Waals surface area (Å²) in [5, 5.41) is 9.80. The highest BCUT2D eigenvalue weighted by Gasteiger charge is 2.21. The molecule has 26 heavy (non-hydrogen) atoms. The minimum atomic E-state index is -0.0646. The van der Waals surface area contributed by atoms with E-state index in [1.165, 1.54) is 5.56 Å². The molecule has 142 valence electrons. The molecule has 1 aromatic carbocycles. The number of hydrogen-bond acceptors (Lipinski definition) is 5. The smallest absolute Gasteiger partial charge is 0.191 e. The molecule has 0 aliphatic heterocycles. The second-order valence-corrected chi connectivity index (χ2v) is 7.75. The molecule has 0 radical (unpaired) electrons. The molecule has 0 unspecified atom stereocenters. The third kappa shape index (κ3) is 5.36. The number of ether oxygens (including phenoxy) is 1. The Hall–Kier alpha value is -2.28. The van der Waals surface area contributed by atoms with Gasteiger partial charge in [-0.2, -0.15) is 0 Å². The maximum Gasteiger partial charge on any atom is 0.191 e. The maximum absolute atomic E-state index is 5.34. The van der Waals surface area contributed by atoms with Crippen LogP contribution in [-0.2, 0) is 12.0 Å². The Bertz CT molecular complexity index is 739. The summed E-state index contributed by atoms with van der Waals surface area (Å²) in [4.78, 5) is 10.9. The quantitative estimate of drug-likeness (QED) is 0.576. The summed E-state index contributed by atoms with van der Waals surface area (Å²) in [5.74, 6) is 1.64. The second-order valence-electron chi connectivity index (χ2n) is 6.91. The van der Waals surface area contributed by atoms with E-state index < -0.39 is 0 Å². The summed E-state index contributed by atoms with van der Waals surface area (Å²) in [6, 6.07) is 8.19. The molecule has 0 bridgehead atoms. The first-order valence-electron chi connectivity index (χ1n) is 8.56. The van der Waals surface area contributed by atoms with E-state index in [1.807, 2.05) is 31.1 Å². The Labute approximate surface area is 160 Å². The van der Waals surface area contributed by atoms with Gasteiger partial charge >= 0.3 is 0 Å². The molecule has 7 heteroatoms. The zero-order chi connectivity index (χ0) is 19.2. The van der Waals surface area contributed by atoms with E-state index in [2.05, 4.69) is 52.0 Å². The van der Waals surface area contributed by atoms with Crippen molar-refractivity contribution in [3.63, 3.8) is 0 Å². The third-order valence-electron chi connectivity index (χ3n) is 4.13. The van der Waals surface area contributed by atoms with Gasteiger partial charge in [-0.15, -0.1) is 11.3 Å². The van der Waals surface area contributed by atoms with E-state index in [4.69, 9.17) is 4.74 Å². The Morgan fingerprint density at radius 3 is 2.69 bits per heavy atom. The molecule has 2 N–H and O–H groups in total. The average molecular weight is 376 g/mol. The van der Waals surface area contributed by atoms with Crippen LogP contribution in [0.15, 0.2) is 34.6 Å². The number of methoxy groups -OCH3 is 1. The summed E-state index contributed by atoms with van der Waals surface area (Å²) in [6.07, 6.45) is 0. The van der Waals surface area contributed by atoms with Crippen molar-refractivity contribution in [2.24, 2.45) is 4.99 Å². The zero-order valence-corrected chi connectivity index (χ0v) is 17.3. The molecule has 1 aromatic heterocycles. The van der Waals surface area contributed by atoms with Crippen molar-refractivity contribution in [2.45, 2.75) is 25.8 Å². The number of aromatic nitrogens is 1. The van der Waals surface area contributed by atoms with Gasteiger partial charge in [-0.25, -0.2) is 4.98 Å². The lowest BCUT2D eigenvalue weighted by atomic mass is 9.84. The van der Waals surface area contributed by atoms with Crippen LogP contribution in [0.2, 0.25) is 0 Å². The molecule has 6 nitrogen and oxygen atoms in total. The van der Waals surface area contributed by atoms with Crippen LogP contribution in [0.25, 0.3) is 0 Å². The molecule has 2 aromatic rings. The number of benzene rings is 1. The summed E-state index contributed by atoms with van der Waals surface area (Å²) in [6.45, 7) is 5.79. The molecule has 0 fully saturated rings. The fourth-order valence-corrected chi connectivity index (χ4v) is 3.19. The normalized spacial score (nSPS) is 12.0. The van der Waals surface area contributed by atoms with E-state index in [1.54, 1.807) is 25.5 Å². The third-order valence-corrected chi connectivity index (χ3v) is 5.19. The molecular formula is C19H29N5OS. The van der Waals surface area contributed by atoms with Gasteiger partial charge in [-0.1, -0.05) is 26.0 Å². The average Bonchev–Trinajstić information content (AvgIpc) is 3.11. The van der Waals surface area contributed by atoms with Gasteiger partial charge in [-0.3, -0.25) is 4.99 Å². The van der Waals surface area contributed by atoms with Gasteiger partial charge in [0.1, 0.15) is 5.75 Å². The number of hydrogen-bond donors (Lipinski definition) is 2. The van der Waals surface area contributed by atoms with Crippen molar-refractivity contribution >= 4 is 22.4 Å². The highest BCUT2D eigenvalue weighted by Crippen LogP contribution is 2.25. The molecular weight excluding hydrogens is 346 g/mol. The number of nitrogens with zero attached hydrogens (tertiary/aromatic N) is 3. The van der Waals surface area contributed by atoms with Crippen molar-refractivity contribution in [1.29, 1.82) is 0 Å². The fraction of sp³-hybridized carbons (Fsp3) is 0.474. The number of anilines is 1. The standard InChI is InChI=1S/C19H29N5OS/c1-19(2,14-8-7-9-16(10-14)25-6)13-22-17(20-3)21-11-15-12-26-18(23-15)24(4)5/h7-10,12H,11,13H2,1-6H3,(H2,20,21,22). The SMILES string of the molecule is CN=C(NCc1csc(N(C)C)n1)NCC(C)(C)c1cccc(OC)c1. The van der Waals surface area contributed by atoms with Crippen LogP contribution in [0.5, 0.6) is 5.75 Å². The number of thiazole rings is 1. The molecule has 0 aliphatic carbocycles. The lowest BCUT2D eigenvalue weighted by molar-refractivity contribution is 0.411. The van der Waals surface area contributed by atoms with Crippen LogP contribution in [0.4, 0.5) is 5.13 Å². The molecule has 0 spiro atoms. The molecule has 1 heterocycles. The molecule has 0 aliphatic rings. The van der Waals surface area contributed by atoms with Crippen LogP contribution < -0.4 is 20.3 Å². The van der Waals surface area contributed by atoms with E-state index in [0.29, 0.717) is 6.54 Å². The van der Waals surface area contributed by atoms with E-state index in [-0.39, 0.29) is 5.41 Å². The highest BCUT2D eigenvalue weighted by molar-refractivity contribution is 7.13. The van der Waals surface area contributed by atoms with Crippen LogP contribution in [0.3, 0.4) is 0 Å². The number of nitrogens with one attached hydrogen (secondary N) is 2. The molecule has 0 saturated carbocycles. The van der Waals surface area contributed by atoms with Gasteiger partial charge in [0, 0.05) is 38.5 Å². The first-order valence-corrected chi connectivity index (χ1v) is 9.44. The monoisotopic (exact) mass is 375 g/mol. The minimum absolute atomic E-state index is 0.0646. The van der Waals surface area contributed by atoms with Crippen molar-refractivity contribution < 1.29 is 4.74 Å². The van der Waals surface area contributed by atoms with Crippen LogP contribution in [-0.4, -0.2) is 45.7 Å². The largest absolute Gasteiger partial charge is 0.497 e. The van der Waals surface area contributed by atoms with E-state index in [0.717, 1.165) is 29.1 Å². The summed E-state index contributed by atoms with van der Waals surface area (Å²) >= 11 is 1.64. The molecule has 2 rings (SSSR count). The first-order chi connectivity index (χ1) is 12.4. The molecule has 0 amide bonds. The Kier molecular flexibility index (Phi) is 6.85. The number of rotatable bonds is 7. The van der Waals surface area contributed by atoms with Gasteiger partial charge < -0.3 is 20.3 Å². The van der Waals surface area contributed by atoms with Gasteiger partial charge in [0.2, 0.25) is 0 Å². The maximum atomic E-state index is 5.34. The van der Waals surface area contributed by atoms with Crippen molar-refractivity contribution in [3.05, 3.63) is 40.9 Å². The van der Waals surface area contributed by atoms with Gasteiger partial charge in [0.15, 0.2) is 11.1 Å². The van der Waals surface area contributed by atoms with Crippen molar-refractivity contribution in [3.8, 4) is 5.75 Å². The van der Waals surface area contributed by atoms with E-state index >= 15 is 0 Å². The molecule has 0 saturated heterocycles. The first kappa shape index (κ1) is 20.0.